The van der Waals surface area contributed by atoms with E-state index in [0.717, 1.165) is 0 Å². The fraction of sp³-hybridized carbons (Fsp3) is 0. The van der Waals surface area contributed by atoms with Crippen LogP contribution in [0.15, 0.2) is 34.5 Å². The second kappa shape index (κ2) is 3.89. The van der Waals surface area contributed by atoms with Crippen LogP contribution >= 0.6 is 0 Å². The first kappa shape index (κ1) is 9.97. The van der Waals surface area contributed by atoms with Crippen molar-refractivity contribution in [2.45, 2.75) is 0 Å². The molecule has 82 valence electrons. The van der Waals surface area contributed by atoms with Gasteiger partial charge >= 0.3 is 0 Å². The highest BCUT2D eigenvalue weighted by atomic mass is 16.3. The topological polar surface area (TPSA) is 119 Å². The van der Waals surface area contributed by atoms with Crippen LogP contribution in [0.2, 0.25) is 0 Å². The standard InChI is InChI=1S/C9H10N6O/c10-8-7(9(11)15-14-8)13-12-5-3-1-2-4-6(5)16/h1-4,12,16H,(H4,10,11,13,14,15). The van der Waals surface area contributed by atoms with Gasteiger partial charge in [-0.1, -0.05) is 12.1 Å². The molecule has 7 heteroatoms. The van der Waals surface area contributed by atoms with Crippen LogP contribution in [-0.4, -0.2) is 22.5 Å². The van der Waals surface area contributed by atoms with Crippen LogP contribution in [0, 0.1) is 5.41 Å². The van der Waals surface area contributed by atoms with Crippen molar-refractivity contribution in [2.75, 3.05) is 5.43 Å². The molecule has 0 atom stereocenters. The third kappa shape index (κ3) is 1.78. The summed E-state index contributed by atoms with van der Waals surface area (Å²) in [6, 6.07) is 6.62. The van der Waals surface area contributed by atoms with Gasteiger partial charge in [-0.15, -0.1) is 0 Å². The molecule has 16 heavy (non-hydrogen) atoms. The highest BCUT2D eigenvalue weighted by Crippen LogP contribution is 2.21. The van der Waals surface area contributed by atoms with Gasteiger partial charge in [0, 0.05) is 0 Å². The van der Waals surface area contributed by atoms with Gasteiger partial charge in [-0.2, -0.15) is 10.2 Å². The quantitative estimate of drug-likeness (QED) is 0.355. The number of nitrogens with one attached hydrogen (secondary N) is 3. The molecule has 6 N–H and O–H groups in total. The summed E-state index contributed by atoms with van der Waals surface area (Å²) < 4.78 is 0. The van der Waals surface area contributed by atoms with Crippen molar-refractivity contribution in [1.82, 2.24) is 5.43 Å². The van der Waals surface area contributed by atoms with Gasteiger partial charge in [-0.25, -0.2) is 0 Å². The van der Waals surface area contributed by atoms with Crippen LogP contribution in [0.4, 0.5) is 5.69 Å². The second-order valence-electron chi connectivity index (χ2n) is 3.07. The predicted octanol–water partition coefficient (Wildman–Crippen LogP) is 0.0128. The lowest BCUT2D eigenvalue weighted by Crippen LogP contribution is -2.28. The zero-order valence-corrected chi connectivity index (χ0v) is 8.23. The molecular weight excluding hydrogens is 208 g/mol. The molecule has 1 aromatic carbocycles. The zero-order chi connectivity index (χ0) is 11.5. The summed E-state index contributed by atoms with van der Waals surface area (Å²) in [6.07, 6.45) is 0. The molecule has 0 radical (unpaired) electrons. The van der Waals surface area contributed by atoms with E-state index in [2.05, 4.69) is 21.1 Å². The van der Waals surface area contributed by atoms with Crippen molar-refractivity contribution in [1.29, 1.82) is 5.41 Å². The van der Waals surface area contributed by atoms with E-state index in [1.807, 2.05) is 0 Å². The van der Waals surface area contributed by atoms with Crippen LogP contribution in [0.1, 0.15) is 0 Å². The van der Waals surface area contributed by atoms with Crippen molar-refractivity contribution >= 4 is 23.1 Å². The van der Waals surface area contributed by atoms with E-state index < -0.39 is 0 Å². The molecule has 0 aliphatic carbocycles. The normalized spacial score (nSPS) is 17.1. The van der Waals surface area contributed by atoms with Crippen LogP contribution in [0.3, 0.4) is 0 Å². The first-order valence-corrected chi connectivity index (χ1v) is 4.48. The molecule has 0 saturated heterocycles. The van der Waals surface area contributed by atoms with Crippen LogP contribution in [0.25, 0.3) is 0 Å². The maximum absolute atomic E-state index is 9.45. The molecular formula is C9H10N6O. The minimum absolute atomic E-state index is 0.0143. The van der Waals surface area contributed by atoms with Crippen LogP contribution in [-0.2, 0) is 0 Å². The second-order valence-corrected chi connectivity index (χ2v) is 3.07. The Kier molecular flexibility index (Phi) is 2.42. The number of rotatable bonds is 2. The number of anilines is 1. The molecule has 0 spiro atoms. The Labute approximate surface area is 91.2 Å². The summed E-state index contributed by atoms with van der Waals surface area (Å²) in [4.78, 5) is 0. The Morgan fingerprint density at radius 2 is 2.19 bits per heavy atom. The van der Waals surface area contributed by atoms with E-state index in [1.54, 1.807) is 18.2 Å². The largest absolute Gasteiger partial charge is 0.506 e. The lowest BCUT2D eigenvalue weighted by molar-refractivity contribution is 0.477. The monoisotopic (exact) mass is 218 g/mol. The average Bonchev–Trinajstić information content (AvgIpc) is 2.58. The van der Waals surface area contributed by atoms with Gasteiger partial charge < -0.3 is 10.8 Å². The van der Waals surface area contributed by atoms with Gasteiger partial charge in [-0.3, -0.25) is 16.3 Å². The number of aromatic hydroxyl groups is 1. The summed E-state index contributed by atoms with van der Waals surface area (Å²) in [6.45, 7) is 0. The Morgan fingerprint density at radius 1 is 1.44 bits per heavy atom. The molecule has 0 aromatic heterocycles. The summed E-state index contributed by atoms with van der Waals surface area (Å²) in [5, 5.41) is 24.4. The summed E-state index contributed by atoms with van der Waals surface area (Å²) in [5.74, 6) is 0.216. The maximum Gasteiger partial charge on any atom is 0.175 e. The number of hydrogen-bond acceptors (Lipinski definition) is 6. The molecule has 7 nitrogen and oxygen atoms in total. The summed E-state index contributed by atoms with van der Waals surface area (Å²) >= 11 is 0. The number of para-hydroxylation sites is 2. The van der Waals surface area contributed by atoms with E-state index >= 15 is 0 Å². The zero-order valence-electron chi connectivity index (χ0n) is 8.23. The molecule has 1 heterocycles. The highest BCUT2D eigenvalue weighted by molar-refractivity contribution is 6.68. The van der Waals surface area contributed by atoms with E-state index in [1.165, 1.54) is 6.07 Å². The number of amidine groups is 2. The van der Waals surface area contributed by atoms with Crippen molar-refractivity contribution in [2.24, 2.45) is 15.9 Å². The molecule has 0 fully saturated rings. The fourth-order valence-electron chi connectivity index (χ4n) is 1.15. The maximum atomic E-state index is 9.45. The lowest BCUT2D eigenvalue weighted by Gasteiger charge is -2.03. The lowest BCUT2D eigenvalue weighted by atomic mass is 10.3. The number of hydrogen-bond donors (Lipinski definition) is 5. The Hall–Kier alpha value is -2.57. The third-order valence-corrected chi connectivity index (χ3v) is 1.96. The van der Waals surface area contributed by atoms with Gasteiger partial charge in [0.2, 0.25) is 0 Å². The minimum Gasteiger partial charge on any atom is -0.506 e. The van der Waals surface area contributed by atoms with Crippen molar-refractivity contribution in [3.05, 3.63) is 24.3 Å². The van der Waals surface area contributed by atoms with Gasteiger partial charge in [0.05, 0.1) is 5.69 Å². The molecule has 0 unspecified atom stereocenters. The van der Waals surface area contributed by atoms with Gasteiger partial charge in [0.25, 0.3) is 0 Å². The summed E-state index contributed by atoms with van der Waals surface area (Å²) in [5.41, 5.74) is 11.1. The molecule has 1 aliphatic rings. The Morgan fingerprint density at radius 3 is 2.81 bits per heavy atom. The molecule has 0 saturated carbocycles. The number of nitrogens with two attached hydrogens (primary N) is 1. The number of phenolic OH excluding ortho intramolecular Hbond substituents is 1. The smallest absolute Gasteiger partial charge is 0.175 e. The number of hydrazone groups is 2. The molecule has 2 rings (SSSR count). The molecule has 1 aromatic rings. The van der Waals surface area contributed by atoms with Crippen molar-refractivity contribution < 1.29 is 5.11 Å². The van der Waals surface area contributed by atoms with Crippen LogP contribution < -0.4 is 16.6 Å². The molecule has 0 bridgehead atoms. The number of nitrogens with zero attached hydrogens (tertiary/aromatic N) is 2. The van der Waals surface area contributed by atoms with Crippen LogP contribution in [0.5, 0.6) is 5.75 Å². The predicted molar refractivity (Wildman–Crippen MR) is 61.6 cm³/mol. The van der Waals surface area contributed by atoms with E-state index in [-0.39, 0.29) is 23.1 Å². The highest BCUT2D eigenvalue weighted by Gasteiger charge is 2.18. The number of benzene rings is 1. The van der Waals surface area contributed by atoms with E-state index in [0.29, 0.717) is 5.69 Å². The van der Waals surface area contributed by atoms with Gasteiger partial charge in [0.15, 0.2) is 17.4 Å². The van der Waals surface area contributed by atoms with Gasteiger partial charge in [0.1, 0.15) is 5.75 Å². The Balaban J connectivity index is 2.18. The van der Waals surface area contributed by atoms with E-state index in [4.69, 9.17) is 11.1 Å². The van der Waals surface area contributed by atoms with E-state index in [9.17, 15) is 5.11 Å². The molecule has 1 aliphatic heterocycles. The van der Waals surface area contributed by atoms with Crippen molar-refractivity contribution in [3.8, 4) is 5.75 Å². The van der Waals surface area contributed by atoms with Gasteiger partial charge in [-0.05, 0) is 12.1 Å². The Bertz CT molecular complexity index is 493. The fourth-order valence-corrected chi connectivity index (χ4v) is 1.15. The summed E-state index contributed by atoms with van der Waals surface area (Å²) in [7, 11) is 0. The first-order valence-electron chi connectivity index (χ1n) is 4.48. The average molecular weight is 218 g/mol. The SMILES string of the molecule is N=C1NN=C(N)/C1=N/Nc1ccccc1O. The van der Waals surface area contributed by atoms with Crippen molar-refractivity contribution in [3.63, 3.8) is 0 Å². The molecule has 0 amide bonds. The third-order valence-electron chi connectivity index (χ3n) is 1.96. The number of phenols is 1. The minimum atomic E-state index is 0.0143. The first-order chi connectivity index (χ1) is 7.68.